The number of aromatic nitrogens is 3. The van der Waals surface area contributed by atoms with Crippen LogP contribution in [0.25, 0.3) is 11.0 Å². The van der Waals surface area contributed by atoms with Crippen LogP contribution >= 0.6 is 12.4 Å². The van der Waals surface area contributed by atoms with E-state index in [9.17, 15) is 8.42 Å². The molecule has 24 heavy (non-hydrogen) atoms. The van der Waals surface area contributed by atoms with Gasteiger partial charge in [0, 0.05) is 36.8 Å². The number of nitrogens with one attached hydrogen (secondary N) is 2. The Balaban J connectivity index is 0.00000169. The Kier molecular flexibility index (Phi) is 4.59. The van der Waals surface area contributed by atoms with E-state index in [0.717, 1.165) is 36.8 Å². The summed E-state index contributed by atoms with van der Waals surface area (Å²) in [5, 5.41) is 8.59. The minimum Gasteiger partial charge on any atom is -0.311 e. The van der Waals surface area contributed by atoms with Crippen LogP contribution in [0.4, 0.5) is 0 Å². The Morgan fingerprint density at radius 2 is 1.96 bits per heavy atom. The summed E-state index contributed by atoms with van der Waals surface area (Å²) in [6.07, 6.45) is 5.42. The zero-order valence-corrected chi connectivity index (χ0v) is 15.3. The van der Waals surface area contributed by atoms with E-state index in [4.69, 9.17) is 0 Å². The van der Waals surface area contributed by atoms with Gasteiger partial charge in [-0.15, -0.1) is 12.4 Å². The number of aryl methyl sites for hydroxylation is 2. The SMILES string of the molecule is Cc1nn(C)c2ncc(S(=O)(=O)NC3CC4CCC(C3)N4)cc12.Cl. The molecule has 2 saturated heterocycles. The van der Waals surface area contributed by atoms with E-state index >= 15 is 0 Å². The molecule has 2 bridgehead atoms. The van der Waals surface area contributed by atoms with Crippen LogP contribution in [0, 0.1) is 6.92 Å². The average Bonchev–Trinajstić information content (AvgIpc) is 2.98. The number of rotatable bonds is 3. The molecule has 2 aromatic rings. The number of piperidine rings is 1. The maximum atomic E-state index is 12.7. The largest absolute Gasteiger partial charge is 0.311 e. The summed E-state index contributed by atoms with van der Waals surface area (Å²) in [5.74, 6) is 0. The molecule has 9 heteroatoms. The minimum atomic E-state index is -3.56. The molecule has 2 N–H and O–H groups in total. The highest BCUT2D eigenvalue weighted by Gasteiger charge is 2.35. The van der Waals surface area contributed by atoms with Crippen molar-refractivity contribution in [2.75, 3.05) is 0 Å². The smallest absolute Gasteiger partial charge is 0.242 e. The Bertz CT molecular complexity index is 854. The molecule has 2 aliphatic heterocycles. The fraction of sp³-hybridized carbons (Fsp3) is 0.600. The van der Waals surface area contributed by atoms with Gasteiger partial charge in [-0.05, 0) is 38.7 Å². The molecule has 2 unspecified atom stereocenters. The van der Waals surface area contributed by atoms with E-state index in [2.05, 4.69) is 20.1 Å². The first-order valence-electron chi connectivity index (χ1n) is 8.00. The standard InChI is InChI=1S/C15H21N5O2S.ClH/c1-9-14-7-13(8-16-15(14)20(2)18-9)23(21,22)19-12-5-10-3-4-11(6-12)17-10;/h7-8,10-12,17,19H,3-6H2,1-2H3;1H. The predicted octanol–water partition coefficient (Wildman–Crippen LogP) is 1.26. The predicted molar refractivity (Wildman–Crippen MR) is 93.8 cm³/mol. The molecular weight excluding hydrogens is 350 g/mol. The van der Waals surface area contributed by atoms with Gasteiger partial charge in [0.15, 0.2) is 5.65 Å². The topological polar surface area (TPSA) is 88.9 Å². The van der Waals surface area contributed by atoms with Crippen molar-refractivity contribution in [1.29, 1.82) is 0 Å². The van der Waals surface area contributed by atoms with E-state index in [1.54, 1.807) is 17.8 Å². The van der Waals surface area contributed by atoms with Crippen molar-refractivity contribution in [3.05, 3.63) is 18.0 Å². The highest BCUT2D eigenvalue weighted by atomic mass is 35.5. The summed E-state index contributed by atoms with van der Waals surface area (Å²) >= 11 is 0. The van der Waals surface area contributed by atoms with Crippen LogP contribution in [0.1, 0.15) is 31.4 Å². The van der Waals surface area contributed by atoms with Gasteiger partial charge in [0.25, 0.3) is 0 Å². The van der Waals surface area contributed by atoms with Crippen molar-refractivity contribution in [3.8, 4) is 0 Å². The number of fused-ring (bicyclic) bond motifs is 3. The maximum absolute atomic E-state index is 12.7. The number of nitrogens with zero attached hydrogens (tertiary/aromatic N) is 3. The van der Waals surface area contributed by atoms with Crippen molar-refractivity contribution in [3.63, 3.8) is 0 Å². The van der Waals surface area contributed by atoms with Gasteiger partial charge in [-0.1, -0.05) is 0 Å². The number of sulfonamides is 1. The highest BCUT2D eigenvalue weighted by molar-refractivity contribution is 7.89. The molecule has 0 radical (unpaired) electrons. The van der Waals surface area contributed by atoms with E-state index in [-0.39, 0.29) is 23.3 Å². The van der Waals surface area contributed by atoms with Gasteiger partial charge in [0.05, 0.1) is 5.69 Å². The van der Waals surface area contributed by atoms with Gasteiger partial charge in [-0.2, -0.15) is 5.10 Å². The summed E-state index contributed by atoms with van der Waals surface area (Å²) in [4.78, 5) is 4.49. The van der Waals surface area contributed by atoms with Crippen LogP contribution < -0.4 is 10.0 Å². The molecule has 2 aliphatic rings. The monoisotopic (exact) mass is 371 g/mol. The quantitative estimate of drug-likeness (QED) is 0.847. The number of halogens is 1. The lowest BCUT2D eigenvalue weighted by atomic mass is 10.0. The molecule has 0 spiro atoms. The Morgan fingerprint density at radius 1 is 1.29 bits per heavy atom. The molecule has 2 fully saturated rings. The first-order valence-corrected chi connectivity index (χ1v) is 9.48. The van der Waals surface area contributed by atoms with Crippen LogP contribution in [0.2, 0.25) is 0 Å². The lowest BCUT2D eigenvalue weighted by molar-refractivity contribution is 0.345. The molecule has 2 aromatic heterocycles. The number of hydrogen-bond acceptors (Lipinski definition) is 5. The molecule has 0 saturated carbocycles. The molecule has 132 valence electrons. The normalized spacial score (nSPS) is 26.5. The Labute approximate surface area is 147 Å². The minimum absolute atomic E-state index is 0. The van der Waals surface area contributed by atoms with Gasteiger partial charge in [-0.3, -0.25) is 4.68 Å². The fourth-order valence-corrected chi connectivity index (χ4v) is 5.11. The van der Waals surface area contributed by atoms with E-state index in [1.807, 2.05) is 6.92 Å². The van der Waals surface area contributed by atoms with E-state index < -0.39 is 10.0 Å². The second-order valence-electron chi connectivity index (χ2n) is 6.68. The van der Waals surface area contributed by atoms with Gasteiger partial charge in [-0.25, -0.2) is 18.1 Å². The molecule has 7 nitrogen and oxygen atoms in total. The molecule has 4 rings (SSSR count). The molecule has 0 aromatic carbocycles. The van der Waals surface area contributed by atoms with Crippen LogP contribution in [0.15, 0.2) is 17.2 Å². The third kappa shape index (κ3) is 3.03. The molecular formula is C15H22ClN5O2S. The van der Waals surface area contributed by atoms with Gasteiger partial charge < -0.3 is 5.32 Å². The average molecular weight is 372 g/mol. The summed E-state index contributed by atoms with van der Waals surface area (Å²) in [6, 6.07) is 2.57. The number of pyridine rings is 1. The Morgan fingerprint density at radius 3 is 2.62 bits per heavy atom. The van der Waals surface area contributed by atoms with Gasteiger partial charge in [0.1, 0.15) is 4.90 Å². The third-order valence-corrected chi connectivity index (χ3v) is 6.43. The van der Waals surface area contributed by atoms with Crippen molar-refractivity contribution in [1.82, 2.24) is 24.8 Å². The zero-order valence-electron chi connectivity index (χ0n) is 13.7. The molecule has 2 atom stereocenters. The second-order valence-corrected chi connectivity index (χ2v) is 8.39. The van der Waals surface area contributed by atoms with Crippen molar-refractivity contribution < 1.29 is 8.42 Å². The fourth-order valence-electron chi connectivity index (χ4n) is 3.88. The highest BCUT2D eigenvalue weighted by Crippen LogP contribution is 2.28. The van der Waals surface area contributed by atoms with Crippen molar-refractivity contribution in [2.45, 2.75) is 55.6 Å². The first-order chi connectivity index (χ1) is 10.9. The summed E-state index contributed by atoms with van der Waals surface area (Å²) in [6.45, 7) is 1.86. The molecule has 4 heterocycles. The lowest BCUT2D eigenvalue weighted by Crippen LogP contribution is -2.47. The summed E-state index contributed by atoms with van der Waals surface area (Å²) in [7, 11) is -1.75. The van der Waals surface area contributed by atoms with Crippen LogP contribution in [0.5, 0.6) is 0 Å². The third-order valence-electron chi connectivity index (χ3n) is 4.94. The van der Waals surface area contributed by atoms with Crippen molar-refractivity contribution in [2.24, 2.45) is 7.05 Å². The number of hydrogen-bond donors (Lipinski definition) is 2. The van der Waals surface area contributed by atoms with Crippen LogP contribution in [-0.4, -0.2) is 41.3 Å². The maximum Gasteiger partial charge on any atom is 0.242 e. The summed E-state index contributed by atoms with van der Waals surface area (Å²) < 4.78 is 29.9. The second kappa shape index (κ2) is 6.25. The molecule has 0 aliphatic carbocycles. The first kappa shape index (κ1) is 17.6. The Hall–Kier alpha value is -1.22. The zero-order chi connectivity index (χ0) is 16.2. The lowest BCUT2D eigenvalue weighted by Gasteiger charge is -2.29. The van der Waals surface area contributed by atoms with Crippen LogP contribution in [0.3, 0.4) is 0 Å². The van der Waals surface area contributed by atoms with Crippen LogP contribution in [-0.2, 0) is 17.1 Å². The van der Waals surface area contributed by atoms with Gasteiger partial charge >= 0.3 is 0 Å². The molecule has 0 amide bonds. The van der Waals surface area contributed by atoms with Gasteiger partial charge in [0.2, 0.25) is 10.0 Å². The van der Waals surface area contributed by atoms with Crippen molar-refractivity contribution >= 4 is 33.5 Å². The summed E-state index contributed by atoms with van der Waals surface area (Å²) in [5.41, 5.74) is 1.48. The van der Waals surface area contributed by atoms with E-state index in [1.165, 1.54) is 6.20 Å². The van der Waals surface area contributed by atoms with E-state index in [0.29, 0.717) is 17.7 Å².